The third kappa shape index (κ3) is 2.91. The Morgan fingerprint density at radius 2 is 2.15 bits per heavy atom. The molecule has 0 radical (unpaired) electrons. The highest BCUT2D eigenvalue weighted by molar-refractivity contribution is 5.90. The summed E-state index contributed by atoms with van der Waals surface area (Å²) in [5.74, 6) is 1.63. The second-order valence-electron chi connectivity index (χ2n) is 4.97. The molecule has 0 atom stereocenters. The quantitative estimate of drug-likeness (QED) is 0.734. The molecule has 1 fully saturated rings. The predicted octanol–water partition coefficient (Wildman–Crippen LogP) is 2.04. The van der Waals surface area contributed by atoms with Gasteiger partial charge in [-0.1, -0.05) is 18.4 Å². The molecule has 5 heteroatoms. The summed E-state index contributed by atoms with van der Waals surface area (Å²) >= 11 is 0. The zero-order valence-corrected chi connectivity index (χ0v) is 11.0. The molecule has 0 heterocycles. The van der Waals surface area contributed by atoms with Crippen molar-refractivity contribution in [1.82, 2.24) is 5.32 Å². The molecular weight excluding hydrogens is 256 g/mol. The molecule has 20 heavy (non-hydrogen) atoms. The van der Waals surface area contributed by atoms with E-state index in [1.807, 2.05) is 0 Å². The monoisotopic (exact) mass is 272 g/mol. The van der Waals surface area contributed by atoms with Gasteiger partial charge in [-0.3, -0.25) is 4.79 Å². The molecule has 0 aliphatic heterocycles. The number of benzene rings is 1. The zero-order valence-electron chi connectivity index (χ0n) is 11.0. The van der Waals surface area contributed by atoms with Crippen LogP contribution in [0.1, 0.15) is 24.8 Å². The van der Waals surface area contributed by atoms with Gasteiger partial charge in [0, 0.05) is 17.8 Å². The number of carboxylic acid groups (broad SMARTS) is 1. The Bertz CT molecular complexity index is 571. The van der Waals surface area contributed by atoms with E-state index in [9.17, 15) is 9.59 Å². The number of rotatable bonds is 4. The minimum absolute atomic E-state index is 0.142. The number of hydrogen-bond acceptors (Lipinski definition) is 2. The molecule has 0 bridgehead atoms. The van der Waals surface area contributed by atoms with E-state index in [0.29, 0.717) is 24.1 Å². The minimum Gasteiger partial charge on any atom is -0.481 e. The molecular formula is C15H16N2O3. The zero-order chi connectivity index (χ0) is 14.6. The topological polar surface area (TPSA) is 78.4 Å². The average molecular weight is 272 g/mol. The molecule has 104 valence electrons. The minimum atomic E-state index is -0.849. The first-order valence-electron chi connectivity index (χ1n) is 6.41. The number of carbonyl (C=O) groups is 2. The molecule has 3 N–H and O–H groups in total. The summed E-state index contributed by atoms with van der Waals surface area (Å²) in [5.41, 5.74) is 0.456. The standard InChI is InChI=1S/C15H16N2O3/c1-2-11-5-3-6-12(9-11)17-14(20)16-10-15(13(18)19)7-4-8-15/h1,3,5-6,9H,4,7-8,10H2,(H,18,19)(H2,16,17,20). The van der Waals surface area contributed by atoms with Gasteiger partial charge in [-0.15, -0.1) is 6.42 Å². The van der Waals surface area contributed by atoms with Crippen LogP contribution in [0.4, 0.5) is 10.5 Å². The fourth-order valence-corrected chi connectivity index (χ4v) is 2.18. The van der Waals surface area contributed by atoms with Gasteiger partial charge >= 0.3 is 12.0 Å². The number of carbonyl (C=O) groups excluding carboxylic acids is 1. The number of amides is 2. The molecule has 0 aromatic heterocycles. The van der Waals surface area contributed by atoms with E-state index in [1.165, 1.54) is 0 Å². The van der Waals surface area contributed by atoms with Gasteiger partial charge in [-0.2, -0.15) is 0 Å². The van der Waals surface area contributed by atoms with E-state index in [4.69, 9.17) is 11.5 Å². The van der Waals surface area contributed by atoms with Crippen LogP contribution in [0.15, 0.2) is 24.3 Å². The smallest absolute Gasteiger partial charge is 0.319 e. The second kappa shape index (κ2) is 5.66. The SMILES string of the molecule is C#Cc1cccc(NC(=O)NCC2(C(=O)O)CCC2)c1. The fraction of sp³-hybridized carbons (Fsp3) is 0.333. The van der Waals surface area contributed by atoms with Crippen LogP contribution >= 0.6 is 0 Å². The van der Waals surface area contributed by atoms with Gasteiger partial charge in [-0.25, -0.2) is 4.79 Å². The van der Waals surface area contributed by atoms with Crippen molar-refractivity contribution in [2.75, 3.05) is 11.9 Å². The summed E-state index contributed by atoms with van der Waals surface area (Å²) in [6, 6.07) is 6.48. The molecule has 0 saturated heterocycles. The molecule has 1 aromatic rings. The summed E-state index contributed by atoms with van der Waals surface area (Å²) in [7, 11) is 0. The highest BCUT2D eigenvalue weighted by atomic mass is 16.4. The Morgan fingerprint density at radius 3 is 2.70 bits per heavy atom. The lowest BCUT2D eigenvalue weighted by molar-refractivity contribution is -0.153. The van der Waals surface area contributed by atoms with Crippen LogP contribution in [0.2, 0.25) is 0 Å². The average Bonchev–Trinajstić information content (AvgIpc) is 2.37. The highest BCUT2D eigenvalue weighted by Crippen LogP contribution is 2.40. The number of terminal acetylenes is 1. The molecule has 0 unspecified atom stereocenters. The first kappa shape index (κ1) is 13.9. The van der Waals surface area contributed by atoms with Crippen LogP contribution in [-0.2, 0) is 4.79 Å². The maximum atomic E-state index is 11.8. The van der Waals surface area contributed by atoms with E-state index in [2.05, 4.69) is 16.6 Å². The molecule has 2 rings (SSSR count). The van der Waals surface area contributed by atoms with E-state index in [1.54, 1.807) is 24.3 Å². The normalized spacial score (nSPS) is 15.6. The van der Waals surface area contributed by atoms with Gasteiger partial charge in [0.1, 0.15) is 0 Å². The van der Waals surface area contributed by atoms with Gasteiger partial charge < -0.3 is 15.7 Å². The lowest BCUT2D eigenvalue weighted by Crippen LogP contribution is -2.48. The van der Waals surface area contributed by atoms with Crippen LogP contribution in [-0.4, -0.2) is 23.7 Å². The number of carboxylic acids is 1. The summed E-state index contributed by atoms with van der Waals surface area (Å²) in [4.78, 5) is 22.9. The number of nitrogens with one attached hydrogen (secondary N) is 2. The van der Waals surface area contributed by atoms with Gasteiger partial charge in [0.05, 0.1) is 5.41 Å². The summed E-state index contributed by atoms with van der Waals surface area (Å²) in [6.45, 7) is 0.142. The molecule has 1 aliphatic carbocycles. The molecule has 1 aromatic carbocycles. The summed E-state index contributed by atoms with van der Waals surface area (Å²) in [5, 5.41) is 14.4. The number of hydrogen-bond donors (Lipinski definition) is 3. The lowest BCUT2D eigenvalue weighted by atomic mass is 9.69. The van der Waals surface area contributed by atoms with Gasteiger partial charge in [0.25, 0.3) is 0 Å². The first-order chi connectivity index (χ1) is 9.55. The van der Waals surface area contributed by atoms with Crippen molar-refractivity contribution in [2.24, 2.45) is 5.41 Å². The number of urea groups is 1. The fourth-order valence-electron chi connectivity index (χ4n) is 2.18. The Kier molecular flexibility index (Phi) is 3.94. The van der Waals surface area contributed by atoms with Gasteiger partial charge in [0.15, 0.2) is 0 Å². The van der Waals surface area contributed by atoms with Gasteiger partial charge in [-0.05, 0) is 31.0 Å². The molecule has 1 saturated carbocycles. The maximum absolute atomic E-state index is 11.8. The van der Waals surface area contributed by atoms with Crippen molar-refractivity contribution < 1.29 is 14.7 Å². The molecule has 1 aliphatic rings. The van der Waals surface area contributed by atoms with Crippen LogP contribution < -0.4 is 10.6 Å². The lowest BCUT2D eigenvalue weighted by Gasteiger charge is -2.37. The van der Waals surface area contributed by atoms with E-state index in [-0.39, 0.29) is 6.54 Å². The van der Waals surface area contributed by atoms with Gasteiger partial charge in [0.2, 0.25) is 0 Å². The summed E-state index contributed by atoms with van der Waals surface area (Å²) < 4.78 is 0. The van der Waals surface area contributed by atoms with Crippen LogP contribution in [0.25, 0.3) is 0 Å². The Morgan fingerprint density at radius 1 is 1.40 bits per heavy atom. The predicted molar refractivity (Wildman–Crippen MR) is 75.3 cm³/mol. The van der Waals surface area contributed by atoms with Crippen molar-refractivity contribution in [2.45, 2.75) is 19.3 Å². The second-order valence-corrected chi connectivity index (χ2v) is 4.97. The Hall–Kier alpha value is -2.48. The van der Waals surface area contributed by atoms with E-state index in [0.717, 1.165) is 6.42 Å². The van der Waals surface area contributed by atoms with Crippen molar-refractivity contribution in [1.29, 1.82) is 0 Å². The third-order valence-electron chi connectivity index (χ3n) is 3.64. The first-order valence-corrected chi connectivity index (χ1v) is 6.41. The van der Waals surface area contributed by atoms with Crippen molar-refractivity contribution in [3.63, 3.8) is 0 Å². The Labute approximate surface area is 117 Å². The number of anilines is 1. The third-order valence-corrected chi connectivity index (χ3v) is 3.64. The van der Waals surface area contributed by atoms with Crippen LogP contribution in [0, 0.1) is 17.8 Å². The van der Waals surface area contributed by atoms with Crippen molar-refractivity contribution in [3.8, 4) is 12.3 Å². The van der Waals surface area contributed by atoms with E-state index < -0.39 is 17.4 Å². The maximum Gasteiger partial charge on any atom is 0.319 e. The van der Waals surface area contributed by atoms with Crippen molar-refractivity contribution >= 4 is 17.7 Å². The van der Waals surface area contributed by atoms with Crippen molar-refractivity contribution in [3.05, 3.63) is 29.8 Å². The van der Waals surface area contributed by atoms with Crippen LogP contribution in [0.5, 0.6) is 0 Å². The summed E-state index contributed by atoms with van der Waals surface area (Å²) in [6.07, 6.45) is 7.38. The molecule has 2 amide bonds. The molecule has 5 nitrogen and oxygen atoms in total. The highest BCUT2D eigenvalue weighted by Gasteiger charge is 2.44. The van der Waals surface area contributed by atoms with E-state index >= 15 is 0 Å². The largest absolute Gasteiger partial charge is 0.481 e. The Balaban J connectivity index is 1.89. The molecule has 0 spiro atoms. The van der Waals surface area contributed by atoms with Crippen LogP contribution in [0.3, 0.4) is 0 Å². The number of aliphatic carboxylic acids is 1.